The van der Waals surface area contributed by atoms with Crippen LogP contribution >= 0.6 is 0 Å². The quantitative estimate of drug-likeness (QED) is 0.835. The number of nitrogens with one attached hydrogen (secondary N) is 1. The van der Waals surface area contributed by atoms with E-state index in [-0.39, 0.29) is 12.1 Å². The van der Waals surface area contributed by atoms with E-state index in [1.807, 2.05) is 37.8 Å². The fraction of sp³-hybridized carbons (Fsp3) is 0.632. The van der Waals surface area contributed by atoms with Crippen LogP contribution in [0.2, 0.25) is 0 Å². The van der Waals surface area contributed by atoms with E-state index in [0.29, 0.717) is 0 Å². The Balaban J connectivity index is 2.10. The van der Waals surface area contributed by atoms with Crippen molar-refractivity contribution < 1.29 is 14.4 Å². The SMILES string of the molecule is CCCN(C(=O)NOC(C)(C)C)C1CCc2c(cccc2OC)C1. The molecule has 1 aromatic carbocycles. The van der Waals surface area contributed by atoms with Gasteiger partial charge in [0.1, 0.15) is 5.75 Å². The molecule has 0 spiro atoms. The average molecular weight is 334 g/mol. The smallest absolute Gasteiger partial charge is 0.341 e. The monoisotopic (exact) mass is 334 g/mol. The molecule has 2 rings (SSSR count). The van der Waals surface area contributed by atoms with E-state index < -0.39 is 5.60 Å². The summed E-state index contributed by atoms with van der Waals surface area (Å²) < 4.78 is 5.47. The zero-order valence-corrected chi connectivity index (χ0v) is 15.5. The molecule has 0 radical (unpaired) electrons. The van der Waals surface area contributed by atoms with Gasteiger partial charge in [-0.2, -0.15) is 0 Å². The summed E-state index contributed by atoms with van der Waals surface area (Å²) in [6.07, 6.45) is 3.65. The maximum Gasteiger partial charge on any atom is 0.341 e. The molecule has 5 heteroatoms. The van der Waals surface area contributed by atoms with E-state index >= 15 is 0 Å². The topological polar surface area (TPSA) is 50.8 Å². The van der Waals surface area contributed by atoms with Crippen LogP contribution in [0.25, 0.3) is 0 Å². The Morgan fingerprint density at radius 2 is 2.12 bits per heavy atom. The number of urea groups is 1. The minimum atomic E-state index is -0.403. The van der Waals surface area contributed by atoms with Crippen molar-refractivity contribution in [2.75, 3.05) is 13.7 Å². The molecule has 0 saturated heterocycles. The van der Waals surface area contributed by atoms with Gasteiger partial charge >= 0.3 is 6.03 Å². The first kappa shape index (κ1) is 18.6. The molecular formula is C19H30N2O3. The van der Waals surface area contributed by atoms with Crippen LogP contribution in [0.15, 0.2) is 18.2 Å². The Kier molecular flexibility index (Phi) is 6.10. The Morgan fingerprint density at radius 1 is 1.38 bits per heavy atom. The summed E-state index contributed by atoms with van der Waals surface area (Å²) in [6, 6.07) is 6.20. The molecule has 134 valence electrons. The van der Waals surface area contributed by atoms with Crippen molar-refractivity contribution in [2.24, 2.45) is 0 Å². The molecule has 1 aromatic rings. The maximum atomic E-state index is 12.6. The molecule has 2 amide bonds. The van der Waals surface area contributed by atoms with Gasteiger partial charge in [0.25, 0.3) is 0 Å². The molecule has 1 unspecified atom stereocenters. The van der Waals surface area contributed by atoms with Gasteiger partial charge < -0.3 is 9.64 Å². The number of carbonyl (C=O) groups is 1. The van der Waals surface area contributed by atoms with Crippen molar-refractivity contribution in [3.8, 4) is 5.75 Å². The summed E-state index contributed by atoms with van der Waals surface area (Å²) >= 11 is 0. The van der Waals surface area contributed by atoms with Gasteiger partial charge in [0.15, 0.2) is 0 Å². The van der Waals surface area contributed by atoms with Gasteiger partial charge in [-0.3, -0.25) is 4.84 Å². The number of hydrogen-bond acceptors (Lipinski definition) is 3. The number of hydroxylamine groups is 1. The lowest BCUT2D eigenvalue weighted by molar-refractivity contribution is -0.0602. The summed E-state index contributed by atoms with van der Waals surface area (Å²) in [7, 11) is 1.71. The van der Waals surface area contributed by atoms with Crippen LogP contribution in [-0.2, 0) is 17.7 Å². The van der Waals surface area contributed by atoms with Gasteiger partial charge in [-0.25, -0.2) is 10.3 Å². The Morgan fingerprint density at radius 3 is 2.75 bits per heavy atom. The van der Waals surface area contributed by atoms with Crippen LogP contribution in [0.5, 0.6) is 5.75 Å². The van der Waals surface area contributed by atoms with Gasteiger partial charge in [0.05, 0.1) is 12.7 Å². The van der Waals surface area contributed by atoms with Crippen molar-refractivity contribution in [1.29, 1.82) is 0 Å². The molecule has 0 heterocycles. The highest BCUT2D eigenvalue weighted by atomic mass is 16.7. The second-order valence-corrected chi connectivity index (χ2v) is 7.31. The molecule has 5 nitrogen and oxygen atoms in total. The van der Waals surface area contributed by atoms with E-state index in [4.69, 9.17) is 9.57 Å². The van der Waals surface area contributed by atoms with Crippen molar-refractivity contribution in [1.82, 2.24) is 10.4 Å². The lowest BCUT2D eigenvalue weighted by Gasteiger charge is -2.36. The fourth-order valence-corrected chi connectivity index (χ4v) is 3.16. The van der Waals surface area contributed by atoms with E-state index in [1.54, 1.807) is 7.11 Å². The summed E-state index contributed by atoms with van der Waals surface area (Å²) in [5.74, 6) is 0.952. The number of ether oxygens (including phenoxy) is 1. The summed E-state index contributed by atoms with van der Waals surface area (Å²) in [4.78, 5) is 19.9. The average Bonchev–Trinajstić information content (AvgIpc) is 2.55. The van der Waals surface area contributed by atoms with Crippen LogP contribution in [0.4, 0.5) is 4.79 Å². The fourth-order valence-electron chi connectivity index (χ4n) is 3.16. The molecule has 1 aliphatic carbocycles. The third-order valence-electron chi connectivity index (χ3n) is 4.24. The second-order valence-electron chi connectivity index (χ2n) is 7.31. The second kappa shape index (κ2) is 7.88. The predicted octanol–water partition coefficient (Wildman–Crippen LogP) is 3.70. The van der Waals surface area contributed by atoms with Gasteiger partial charge in [0.2, 0.25) is 0 Å². The van der Waals surface area contributed by atoms with Gasteiger partial charge in [-0.15, -0.1) is 0 Å². The highest BCUT2D eigenvalue weighted by Crippen LogP contribution is 2.31. The lowest BCUT2D eigenvalue weighted by Crippen LogP contribution is -2.50. The largest absolute Gasteiger partial charge is 0.496 e. The molecule has 0 saturated carbocycles. The Bertz CT molecular complexity index is 566. The van der Waals surface area contributed by atoms with Crippen molar-refractivity contribution in [3.05, 3.63) is 29.3 Å². The molecule has 1 aliphatic rings. The molecule has 0 fully saturated rings. The molecule has 0 aromatic heterocycles. The number of nitrogens with zero attached hydrogens (tertiary/aromatic N) is 1. The number of fused-ring (bicyclic) bond motifs is 1. The van der Waals surface area contributed by atoms with Crippen LogP contribution in [0, 0.1) is 0 Å². The molecule has 24 heavy (non-hydrogen) atoms. The van der Waals surface area contributed by atoms with Gasteiger partial charge in [0, 0.05) is 12.6 Å². The van der Waals surface area contributed by atoms with Crippen molar-refractivity contribution in [2.45, 2.75) is 65.0 Å². The first-order valence-corrected chi connectivity index (χ1v) is 8.75. The molecular weight excluding hydrogens is 304 g/mol. The maximum absolute atomic E-state index is 12.6. The number of amides is 2. The number of benzene rings is 1. The highest BCUT2D eigenvalue weighted by Gasteiger charge is 2.29. The minimum Gasteiger partial charge on any atom is -0.496 e. The number of rotatable bonds is 5. The highest BCUT2D eigenvalue weighted by molar-refractivity contribution is 5.73. The third kappa shape index (κ3) is 4.63. The Hall–Kier alpha value is -1.75. The van der Waals surface area contributed by atoms with E-state index in [9.17, 15) is 4.79 Å². The van der Waals surface area contributed by atoms with Gasteiger partial charge in [-0.1, -0.05) is 19.1 Å². The van der Waals surface area contributed by atoms with E-state index in [2.05, 4.69) is 18.5 Å². The van der Waals surface area contributed by atoms with Crippen LogP contribution in [-0.4, -0.2) is 36.2 Å². The van der Waals surface area contributed by atoms with E-state index in [1.165, 1.54) is 11.1 Å². The molecule has 1 N–H and O–H groups in total. The zero-order valence-electron chi connectivity index (χ0n) is 15.5. The predicted molar refractivity (Wildman–Crippen MR) is 95.2 cm³/mol. The normalized spacial score (nSPS) is 17.1. The standard InChI is InChI=1S/C19H30N2O3/c1-6-12-21(18(22)20-24-19(2,3)4)15-10-11-16-14(13-15)8-7-9-17(16)23-5/h7-9,15H,6,10-13H2,1-5H3,(H,20,22). The zero-order chi connectivity index (χ0) is 17.7. The van der Waals surface area contributed by atoms with Crippen molar-refractivity contribution in [3.63, 3.8) is 0 Å². The summed E-state index contributed by atoms with van der Waals surface area (Å²) in [6.45, 7) is 8.57. The van der Waals surface area contributed by atoms with Crippen molar-refractivity contribution >= 4 is 6.03 Å². The minimum absolute atomic E-state index is 0.150. The first-order valence-electron chi connectivity index (χ1n) is 8.75. The number of methoxy groups -OCH3 is 1. The van der Waals surface area contributed by atoms with E-state index in [0.717, 1.165) is 38.0 Å². The van der Waals surface area contributed by atoms with Gasteiger partial charge in [-0.05, 0) is 63.6 Å². The third-order valence-corrected chi connectivity index (χ3v) is 4.24. The number of carbonyl (C=O) groups excluding carboxylic acids is 1. The summed E-state index contributed by atoms with van der Waals surface area (Å²) in [5, 5.41) is 0. The molecule has 0 bridgehead atoms. The van der Waals surface area contributed by atoms with Crippen LogP contribution in [0.3, 0.4) is 0 Å². The summed E-state index contributed by atoms with van der Waals surface area (Å²) in [5.41, 5.74) is 4.76. The van der Waals surface area contributed by atoms with Crippen LogP contribution < -0.4 is 10.2 Å². The lowest BCUT2D eigenvalue weighted by atomic mass is 9.87. The first-order chi connectivity index (χ1) is 11.4. The van der Waals surface area contributed by atoms with Crippen LogP contribution in [0.1, 0.15) is 51.7 Å². The molecule has 0 aliphatic heterocycles. The molecule has 1 atom stereocenters. The number of hydrogen-bond donors (Lipinski definition) is 1. The Labute approximate surface area is 145 Å².